The molecule has 2 atom stereocenters. The molecule has 4 aliphatic heterocycles. The molecule has 8 rings (SSSR count). The minimum Gasteiger partial charge on any atom is -0.494 e. The van der Waals surface area contributed by atoms with E-state index >= 15 is 0 Å². The van der Waals surface area contributed by atoms with Crippen molar-refractivity contribution in [2.75, 3.05) is 63.2 Å². The number of piperidine rings is 2. The third kappa shape index (κ3) is 9.45. The Morgan fingerprint density at radius 3 is 2.54 bits per heavy atom. The van der Waals surface area contributed by atoms with Crippen molar-refractivity contribution in [1.29, 1.82) is 0 Å². The molecular weight excluding hydrogens is 809 g/mol. The number of nitrogens with zero attached hydrogens (tertiary/aromatic N) is 6. The summed E-state index contributed by atoms with van der Waals surface area (Å²) < 4.78 is 11.9. The number of urea groups is 1. The molecule has 5 heterocycles. The summed E-state index contributed by atoms with van der Waals surface area (Å²) in [6, 6.07) is 11.7. The maximum absolute atomic E-state index is 13.4. The number of nitrogens with one attached hydrogen (secondary N) is 3. The molecule has 63 heavy (non-hydrogen) atoms. The maximum atomic E-state index is 13.4. The van der Waals surface area contributed by atoms with Gasteiger partial charge >= 0.3 is 6.03 Å². The number of nitrogens with two attached hydrogens (primary N) is 1. The summed E-state index contributed by atoms with van der Waals surface area (Å²) in [5, 5.41) is 8.83. The van der Waals surface area contributed by atoms with Gasteiger partial charge in [0.1, 0.15) is 17.6 Å². The van der Waals surface area contributed by atoms with Gasteiger partial charge in [0.15, 0.2) is 11.5 Å². The molecule has 0 bridgehead atoms. The van der Waals surface area contributed by atoms with Crippen LogP contribution in [0.25, 0.3) is 0 Å². The van der Waals surface area contributed by atoms with Gasteiger partial charge in [0.2, 0.25) is 11.8 Å². The Bertz CT molecular complexity index is 2280. The molecule has 0 spiro atoms. The number of benzene rings is 2. The highest BCUT2D eigenvalue weighted by atomic mass is 16.5. The predicted octanol–water partition coefficient (Wildman–Crippen LogP) is 3.36. The Balaban J connectivity index is 0.722. The van der Waals surface area contributed by atoms with E-state index in [1.54, 1.807) is 47.5 Å². The predicted molar refractivity (Wildman–Crippen MR) is 231 cm³/mol. The highest BCUT2D eigenvalue weighted by Crippen LogP contribution is 2.33. The zero-order chi connectivity index (χ0) is 44.2. The summed E-state index contributed by atoms with van der Waals surface area (Å²) in [6.45, 7) is 7.88. The smallest absolute Gasteiger partial charge is 0.320 e. The lowest BCUT2D eigenvalue weighted by atomic mass is 9.81. The molecule has 1 aromatic heterocycles. The van der Waals surface area contributed by atoms with Crippen LogP contribution in [0.15, 0.2) is 60.9 Å². The van der Waals surface area contributed by atoms with E-state index in [1.165, 1.54) is 0 Å². The van der Waals surface area contributed by atoms with Crippen LogP contribution in [0.3, 0.4) is 0 Å². The van der Waals surface area contributed by atoms with Gasteiger partial charge in [0, 0.05) is 63.7 Å². The number of anilines is 3. The fraction of sp³-hybridized carbons (Fsp3) is 0.467. The van der Waals surface area contributed by atoms with Crippen molar-refractivity contribution in [2.45, 2.75) is 76.0 Å². The van der Waals surface area contributed by atoms with Gasteiger partial charge in [-0.2, -0.15) is 0 Å². The number of rotatable bonds is 17. The number of carbonyl (C=O) groups excluding carboxylic acids is 6. The highest BCUT2D eigenvalue weighted by molar-refractivity contribution is 6.23. The second kappa shape index (κ2) is 18.8. The first-order chi connectivity index (χ1) is 30.4. The molecule has 3 aromatic rings. The van der Waals surface area contributed by atoms with E-state index in [-0.39, 0.29) is 47.4 Å². The minimum atomic E-state index is -0.850. The first kappa shape index (κ1) is 43.1. The molecule has 1 aliphatic carbocycles. The van der Waals surface area contributed by atoms with Gasteiger partial charge in [-0.05, 0) is 93.7 Å². The number of ether oxygens (including phenoxy) is 2. The summed E-state index contributed by atoms with van der Waals surface area (Å²) in [5.41, 5.74) is 8.35. The van der Waals surface area contributed by atoms with Gasteiger partial charge in [-0.3, -0.25) is 28.9 Å². The Hall–Kier alpha value is -6.56. The van der Waals surface area contributed by atoms with Crippen molar-refractivity contribution in [1.82, 2.24) is 35.3 Å². The van der Waals surface area contributed by atoms with Crippen molar-refractivity contribution < 1.29 is 38.2 Å². The highest BCUT2D eigenvalue weighted by Gasteiger charge is 2.45. The SMILES string of the molecule is C=C1CCC(N2C(=O)c3cccc(CCCOC4CC(C(=O)NCCCOc5ccc(Nc6nc(N7CCC[C@@H](N8CCN(C)C8=O)C7)cnc6C(N)=O)cc5)C4)c3C2=O)C(=O)N1. The number of aromatic nitrogens is 2. The van der Waals surface area contributed by atoms with Crippen molar-refractivity contribution in [3.05, 3.63) is 83.3 Å². The minimum absolute atomic E-state index is 0.00838. The lowest BCUT2D eigenvalue weighted by molar-refractivity contribution is -0.134. The molecule has 1 unspecified atom stereocenters. The van der Waals surface area contributed by atoms with Crippen molar-refractivity contribution >= 4 is 52.9 Å². The van der Waals surface area contributed by atoms with Crippen LogP contribution in [0.1, 0.15) is 88.1 Å². The molecular formula is C45H54N10O8. The quantitative estimate of drug-likeness (QED) is 0.113. The molecule has 7 amide bonds. The molecule has 18 nitrogen and oxygen atoms in total. The number of carbonyl (C=O) groups is 6. The fourth-order valence-corrected chi connectivity index (χ4v) is 8.91. The topological polar surface area (TPSA) is 222 Å². The van der Waals surface area contributed by atoms with E-state index in [2.05, 4.69) is 32.4 Å². The first-order valence-electron chi connectivity index (χ1n) is 21.8. The maximum Gasteiger partial charge on any atom is 0.320 e. The standard InChI is InChI=1S/C45H54N10O8/c1-27-11-16-35(42(58)49-27)55-43(59)34-10-3-7-28(37(34)44(55)60)8-5-21-63-33-23-29(24-33)41(57)47-17-6-22-62-32-14-12-30(13-15-32)50-40-38(39(46)56)48-25-36(51-40)53-18-4-9-31(26-53)54-20-19-52(2)45(54)61/h3,7,10,12-15,25,29,31,33,35H,1,4-6,8-9,11,16-24,26H2,2H3,(H2,46,56)(H,47,57)(H,49,58)(H,50,51)/t29?,31-,33?,35?/m1/s1. The van der Waals surface area contributed by atoms with Crippen LogP contribution in [0.5, 0.6) is 5.75 Å². The van der Waals surface area contributed by atoms with E-state index in [0.29, 0.717) is 118 Å². The number of allylic oxidation sites excluding steroid dienone is 1. The second-order valence-electron chi connectivity index (χ2n) is 16.8. The van der Waals surface area contributed by atoms with Gasteiger partial charge in [-0.15, -0.1) is 0 Å². The normalized spacial score (nSPS) is 22.2. The zero-order valence-corrected chi connectivity index (χ0v) is 35.5. The van der Waals surface area contributed by atoms with E-state index < -0.39 is 23.8 Å². The van der Waals surface area contributed by atoms with Crippen molar-refractivity contribution in [3.8, 4) is 5.75 Å². The third-order valence-electron chi connectivity index (χ3n) is 12.5. The number of fused-ring (bicyclic) bond motifs is 1. The Morgan fingerprint density at radius 1 is 0.984 bits per heavy atom. The average Bonchev–Trinajstić information content (AvgIpc) is 3.73. The molecule has 0 radical (unpaired) electrons. The summed E-state index contributed by atoms with van der Waals surface area (Å²) >= 11 is 0. The molecule has 4 fully saturated rings. The summed E-state index contributed by atoms with van der Waals surface area (Å²) in [4.78, 5) is 92.7. The van der Waals surface area contributed by atoms with Gasteiger partial charge in [0.05, 0.1) is 36.1 Å². The van der Waals surface area contributed by atoms with Crippen LogP contribution in [0.2, 0.25) is 0 Å². The van der Waals surface area contributed by atoms with Crippen LogP contribution in [-0.2, 0) is 20.7 Å². The van der Waals surface area contributed by atoms with Crippen LogP contribution in [0, 0.1) is 5.92 Å². The van der Waals surface area contributed by atoms with E-state index in [0.717, 1.165) is 29.8 Å². The van der Waals surface area contributed by atoms with Gasteiger partial charge in [-0.1, -0.05) is 18.7 Å². The number of aryl methyl sites for hydroxylation is 1. The number of amides is 7. The fourth-order valence-electron chi connectivity index (χ4n) is 8.91. The summed E-state index contributed by atoms with van der Waals surface area (Å²) in [5.74, 6) is -0.622. The summed E-state index contributed by atoms with van der Waals surface area (Å²) in [7, 11) is 1.81. The molecule has 5 N–H and O–H groups in total. The number of likely N-dealkylation sites (N-methyl/N-ethyl adjacent to an activating group) is 1. The van der Waals surface area contributed by atoms with E-state index in [1.807, 2.05) is 18.0 Å². The Morgan fingerprint density at radius 2 is 1.79 bits per heavy atom. The van der Waals surface area contributed by atoms with Crippen LogP contribution < -0.4 is 31.3 Å². The van der Waals surface area contributed by atoms with Crippen LogP contribution in [0.4, 0.5) is 22.1 Å². The average molecular weight is 863 g/mol. The zero-order valence-electron chi connectivity index (χ0n) is 35.5. The number of hydrogen-bond donors (Lipinski definition) is 4. The molecule has 2 aromatic carbocycles. The summed E-state index contributed by atoms with van der Waals surface area (Å²) in [6.07, 6.45) is 7.26. The van der Waals surface area contributed by atoms with E-state index in [9.17, 15) is 28.8 Å². The Labute approximate surface area is 365 Å². The number of primary amides is 1. The lowest BCUT2D eigenvalue weighted by Gasteiger charge is -2.37. The first-order valence-corrected chi connectivity index (χ1v) is 21.8. The van der Waals surface area contributed by atoms with Gasteiger partial charge < -0.3 is 45.9 Å². The molecule has 18 heteroatoms. The largest absolute Gasteiger partial charge is 0.494 e. The molecule has 3 saturated heterocycles. The van der Waals surface area contributed by atoms with Gasteiger partial charge in [-0.25, -0.2) is 14.8 Å². The van der Waals surface area contributed by atoms with Crippen molar-refractivity contribution in [2.24, 2.45) is 11.7 Å². The third-order valence-corrected chi connectivity index (χ3v) is 12.5. The number of hydrogen-bond acceptors (Lipinski definition) is 12. The van der Waals surface area contributed by atoms with Crippen LogP contribution >= 0.6 is 0 Å². The number of imide groups is 1. The van der Waals surface area contributed by atoms with Gasteiger partial charge in [0.25, 0.3) is 17.7 Å². The monoisotopic (exact) mass is 862 g/mol. The Kier molecular flexibility index (Phi) is 12.9. The second-order valence-corrected chi connectivity index (χ2v) is 16.8. The molecule has 1 saturated carbocycles. The molecule has 332 valence electrons. The van der Waals surface area contributed by atoms with E-state index in [4.69, 9.17) is 20.2 Å². The lowest BCUT2D eigenvalue weighted by Crippen LogP contribution is -2.51. The van der Waals surface area contributed by atoms with Crippen LogP contribution in [-0.4, -0.2) is 131 Å². The van der Waals surface area contributed by atoms with Crippen molar-refractivity contribution in [3.63, 3.8) is 0 Å². The molecule has 5 aliphatic rings.